The van der Waals surface area contributed by atoms with Gasteiger partial charge in [-0.05, 0) is 58.2 Å². The van der Waals surface area contributed by atoms with Crippen LogP contribution in [0.5, 0.6) is 0 Å². The van der Waals surface area contributed by atoms with Crippen LogP contribution in [0, 0.1) is 0 Å². The second kappa shape index (κ2) is 13.0. The molecular formula is C28H24ClN11O7. The summed E-state index contributed by atoms with van der Waals surface area (Å²) in [5.41, 5.74) is 13.7. The third kappa shape index (κ3) is 6.30. The van der Waals surface area contributed by atoms with Gasteiger partial charge in [0.05, 0.1) is 6.04 Å². The molecule has 0 spiro atoms. The van der Waals surface area contributed by atoms with Gasteiger partial charge in [0.2, 0.25) is 0 Å². The van der Waals surface area contributed by atoms with Crippen molar-refractivity contribution < 1.29 is 19.2 Å². The van der Waals surface area contributed by atoms with Gasteiger partial charge in [-0.3, -0.25) is 23.9 Å². The Labute approximate surface area is 267 Å². The minimum Gasteiger partial charge on any atom is -0.477 e. The van der Waals surface area contributed by atoms with Crippen LogP contribution in [0.25, 0.3) is 17.2 Å². The molecule has 0 unspecified atom stereocenters. The topological polar surface area (TPSA) is 279 Å². The number of tetrazole rings is 1. The number of benzene rings is 2. The first kappa shape index (κ1) is 32.1. The number of aryl methyl sites for hydroxylation is 1. The summed E-state index contributed by atoms with van der Waals surface area (Å²) in [6.45, 7) is 0.414. The number of H-pyrrole nitrogens is 1. The highest BCUT2D eigenvalue weighted by Gasteiger charge is 2.27. The number of amides is 1. The molecule has 47 heavy (non-hydrogen) atoms. The number of nitrogens with two attached hydrogens (primary N) is 2. The molecule has 240 valence electrons. The zero-order chi connectivity index (χ0) is 32.5. The molecule has 3 aromatic carbocycles. The number of rotatable bonds is 7. The molecule has 0 saturated carbocycles. The van der Waals surface area contributed by atoms with Crippen LogP contribution < -0.4 is 38.7 Å². The lowest BCUT2D eigenvalue weighted by Gasteiger charge is -2.14. The van der Waals surface area contributed by atoms with E-state index in [4.69, 9.17) is 11.5 Å². The van der Waals surface area contributed by atoms with Crippen molar-refractivity contribution in [3.63, 3.8) is 0 Å². The number of aromatic amines is 1. The van der Waals surface area contributed by atoms with E-state index in [1.165, 1.54) is 0 Å². The number of carbonyl (C=O) groups excluding carboxylic acids is 1. The fourth-order valence-electron chi connectivity index (χ4n) is 4.96. The molecule has 6 aromatic rings. The number of nitrogens with zero attached hydrogens (tertiary/aromatic N) is 6. The minimum absolute atomic E-state index is 0. The molecule has 1 atom stereocenters. The van der Waals surface area contributed by atoms with E-state index in [0.29, 0.717) is 36.5 Å². The predicted molar refractivity (Wildman–Crippen MR) is 167 cm³/mol. The largest absolute Gasteiger partial charge is 0.477 e. The molecule has 0 radical (unpaired) electrons. The number of hydrogen-bond acceptors (Lipinski definition) is 14. The molecule has 0 bridgehead atoms. The first-order valence-corrected chi connectivity index (χ1v) is 13.6. The standard InChI is InChI=1S/C17H12N8O5.C11H11N3O2.ClH/c26-14(11-6-12(15(27)28)25-16(19-11)21-23-24-25)18-10-4-2-7-5-8(1-3-9(7)10)13-20-17(29)30-22-13;12-5-6-2-1-3-7(4-6)14-9-8(13)10(15)11(9)16;/h1,3,5-6,10H,2,4H2,(H,18,26)(H,27,28)(H,20,22,29);1-4,14H,5,12-13H2;1H/t10-;;/m0../s1. The van der Waals surface area contributed by atoms with Crippen LogP contribution in [0.3, 0.4) is 0 Å². The van der Waals surface area contributed by atoms with Gasteiger partial charge in [-0.25, -0.2) is 14.6 Å². The molecule has 0 saturated heterocycles. The summed E-state index contributed by atoms with van der Waals surface area (Å²) in [7, 11) is 0. The van der Waals surface area contributed by atoms with Crippen LogP contribution in [-0.4, -0.2) is 52.1 Å². The Morgan fingerprint density at radius 3 is 2.62 bits per heavy atom. The highest BCUT2D eigenvalue weighted by Crippen LogP contribution is 2.33. The summed E-state index contributed by atoms with van der Waals surface area (Å²) in [6.07, 6.45) is 1.36. The van der Waals surface area contributed by atoms with Crippen molar-refractivity contribution in [2.24, 2.45) is 5.73 Å². The predicted octanol–water partition coefficient (Wildman–Crippen LogP) is 0.467. The van der Waals surface area contributed by atoms with E-state index in [1.54, 1.807) is 18.2 Å². The van der Waals surface area contributed by atoms with Crippen LogP contribution in [-0.2, 0) is 13.0 Å². The highest BCUT2D eigenvalue weighted by atomic mass is 35.5. The van der Waals surface area contributed by atoms with Gasteiger partial charge in [-0.1, -0.05) is 34.5 Å². The lowest BCUT2D eigenvalue weighted by Crippen LogP contribution is -2.36. The molecule has 1 aliphatic carbocycles. The molecule has 7 rings (SSSR count). The van der Waals surface area contributed by atoms with Crippen LogP contribution in [0.2, 0.25) is 0 Å². The Morgan fingerprint density at radius 2 is 1.91 bits per heavy atom. The fraction of sp³-hybridized carbons (Fsp3) is 0.143. The van der Waals surface area contributed by atoms with Gasteiger partial charge in [0.1, 0.15) is 17.1 Å². The maximum absolute atomic E-state index is 12.7. The average molecular weight is 662 g/mol. The lowest BCUT2D eigenvalue weighted by molar-refractivity contribution is 0.0687. The first-order valence-electron chi connectivity index (χ1n) is 13.6. The zero-order valence-corrected chi connectivity index (χ0v) is 24.8. The van der Waals surface area contributed by atoms with E-state index < -0.39 is 28.5 Å². The Hall–Kier alpha value is -6.27. The van der Waals surface area contributed by atoms with E-state index in [2.05, 4.69) is 45.8 Å². The smallest absolute Gasteiger partial charge is 0.439 e. The molecule has 3 heterocycles. The third-order valence-corrected chi connectivity index (χ3v) is 7.25. The molecular weight excluding hydrogens is 638 g/mol. The van der Waals surface area contributed by atoms with Crippen LogP contribution >= 0.6 is 12.4 Å². The summed E-state index contributed by atoms with van der Waals surface area (Å²) in [5.74, 6) is -2.21. The van der Waals surface area contributed by atoms with E-state index in [1.807, 2.05) is 24.3 Å². The van der Waals surface area contributed by atoms with Gasteiger partial charge in [-0.2, -0.15) is 4.52 Å². The maximum atomic E-state index is 12.7. The van der Waals surface area contributed by atoms with E-state index in [9.17, 15) is 29.1 Å². The van der Waals surface area contributed by atoms with Crippen LogP contribution in [0.4, 0.5) is 17.1 Å². The molecule has 0 aliphatic heterocycles. The minimum atomic E-state index is -1.28. The number of carboxylic acid groups (broad SMARTS) is 1. The molecule has 1 amide bonds. The van der Waals surface area contributed by atoms with Crippen molar-refractivity contribution in [3.8, 4) is 11.4 Å². The summed E-state index contributed by atoms with van der Waals surface area (Å²) >= 11 is 0. The van der Waals surface area contributed by atoms with Crippen molar-refractivity contribution in [1.82, 2.24) is 40.5 Å². The second-order valence-corrected chi connectivity index (χ2v) is 10.1. The molecule has 8 N–H and O–H groups in total. The van der Waals surface area contributed by atoms with Gasteiger partial charge in [0.15, 0.2) is 11.5 Å². The van der Waals surface area contributed by atoms with Crippen molar-refractivity contribution >= 4 is 47.1 Å². The number of carbonyl (C=O) groups is 2. The van der Waals surface area contributed by atoms with Gasteiger partial charge < -0.3 is 27.2 Å². The van der Waals surface area contributed by atoms with E-state index >= 15 is 0 Å². The van der Waals surface area contributed by atoms with Gasteiger partial charge in [-0.15, -0.1) is 12.4 Å². The van der Waals surface area contributed by atoms with Gasteiger partial charge >= 0.3 is 11.7 Å². The number of hydrogen-bond donors (Lipinski definition) is 6. The Bertz CT molecular complexity index is 2270. The maximum Gasteiger partial charge on any atom is 0.439 e. The highest BCUT2D eigenvalue weighted by molar-refractivity contribution is 5.96. The van der Waals surface area contributed by atoms with Crippen LogP contribution in [0.15, 0.2) is 67.4 Å². The molecule has 19 heteroatoms. The number of aromatic nitrogens is 7. The number of halogens is 1. The molecule has 3 aromatic heterocycles. The summed E-state index contributed by atoms with van der Waals surface area (Å²) in [4.78, 5) is 63.9. The summed E-state index contributed by atoms with van der Waals surface area (Å²) in [5, 5.41) is 29.3. The normalized spacial score (nSPS) is 13.3. The number of anilines is 3. The molecule has 0 fully saturated rings. The monoisotopic (exact) mass is 661 g/mol. The van der Waals surface area contributed by atoms with Crippen molar-refractivity contribution in [2.45, 2.75) is 25.4 Å². The Balaban J connectivity index is 0.000000217. The van der Waals surface area contributed by atoms with E-state index in [0.717, 1.165) is 27.3 Å². The van der Waals surface area contributed by atoms with E-state index in [-0.39, 0.29) is 47.0 Å². The van der Waals surface area contributed by atoms with Crippen molar-refractivity contribution in [2.75, 3.05) is 11.1 Å². The Morgan fingerprint density at radius 1 is 1.11 bits per heavy atom. The fourth-order valence-corrected chi connectivity index (χ4v) is 4.96. The quantitative estimate of drug-likeness (QED) is 0.127. The number of fused-ring (bicyclic) bond motifs is 2. The number of aromatic carboxylic acids is 1. The number of carboxylic acids is 1. The van der Waals surface area contributed by atoms with Gasteiger partial charge in [0, 0.05) is 23.9 Å². The average Bonchev–Trinajstić information content (AvgIpc) is 3.82. The third-order valence-electron chi connectivity index (χ3n) is 7.25. The van der Waals surface area contributed by atoms with Crippen molar-refractivity contribution in [3.05, 3.63) is 108 Å². The zero-order valence-electron chi connectivity index (χ0n) is 24.0. The Kier molecular flexibility index (Phi) is 8.88. The van der Waals surface area contributed by atoms with Crippen molar-refractivity contribution in [1.29, 1.82) is 0 Å². The number of nitrogens with one attached hydrogen (secondary N) is 3. The van der Waals surface area contributed by atoms with Gasteiger partial charge in [0.25, 0.3) is 22.5 Å². The second-order valence-electron chi connectivity index (χ2n) is 10.1. The summed E-state index contributed by atoms with van der Waals surface area (Å²) < 4.78 is 5.47. The molecule has 18 nitrogen and oxygen atoms in total. The summed E-state index contributed by atoms with van der Waals surface area (Å²) in [6, 6.07) is 13.6. The lowest BCUT2D eigenvalue weighted by atomic mass is 10.0. The first-order chi connectivity index (χ1) is 22.1. The molecule has 1 aliphatic rings. The number of nitrogen functional groups attached to an aromatic ring is 1. The SMILES string of the molecule is Cl.NCc1cccc(Nc2c(N)c(=O)c2=O)c1.O=C(N[C@H]1CCc2cc(-c3noc(=O)[nH]3)ccc21)c1cc(C(=O)O)n2nnnc2n1. The van der Waals surface area contributed by atoms with Crippen LogP contribution in [0.1, 0.15) is 50.1 Å².